The van der Waals surface area contributed by atoms with E-state index in [0.717, 1.165) is 17.5 Å². The quantitative estimate of drug-likeness (QED) is 0.663. The number of ether oxygens (including phenoxy) is 1. The van der Waals surface area contributed by atoms with Crippen molar-refractivity contribution >= 4 is 5.82 Å². The van der Waals surface area contributed by atoms with Crippen LogP contribution in [-0.4, -0.2) is 38.3 Å². The molecule has 0 spiro atoms. The number of rotatable bonds is 7. The third kappa shape index (κ3) is 4.97. The lowest BCUT2D eigenvalue weighted by Gasteiger charge is -2.29. The van der Waals surface area contributed by atoms with Crippen LogP contribution >= 0.6 is 0 Å². The fourth-order valence-electron chi connectivity index (χ4n) is 3.49. The lowest BCUT2D eigenvalue weighted by molar-refractivity contribution is -0.0361. The van der Waals surface area contributed by atoms with Gasteiger partial charge in [-0.25, -0.2) is 22.2 Å². The molecule has 0 atom stereocenters. The summed E-state index contributed by atoms with van der Waals surface area (Å²) in [5.74, 6) is -1.33. The Labute approximate surface area is 165 Å². The van der Waals surface area contributed by atoms with Gasteiger partial charge in [0.2, 0.25) is 11.8 Å². The number of nitrogens with one attached hydrogen (secondary N) is 1. The van der Waals surface area contributed by atoms with E-state index in [0.29, 0.717) is 37.1 Å². The highest BCUT2D eigenvalue weighted by Gasteiger charge is 2.35. The molecule has 0 radical (unpaired) electrons. The summed E-state index contributed by atoms with van der Waals surface area (Å²) in [6.45, 7) is 0.521. The third-order valence-electron chi connectivity index (χ3n) is 5.49. The van der Waals surface area contributed by atoms with Crippen LogP contribution in [0, 0.1) is 5.92 Å². The molecule has 2 aliphatic rings. The molecule has 0 bridgehead atoms. The number of hydrogen-bond acceptors (Lipinski definition) is 5. The molecule has 4 rings (SSSR count). The Balaban J connectivity index is 1.53. The van der Waals surface area contributed by atoms with E-state index in [4.69, 9.17) is 4.74 Å². The number of halogens is 4. The monoisotopic (exact) mass is 413 g/mol. The Morgan fingerprint density at radius 1 is 1.17 bits per heavy atom. The van der Waals surface area contributed by atoms with Crippen LogP contribution in [0.5, 0.6) is 5.88 Å². The maximum atomic E-state index is 13.4. The molecule has 1 N–H and O–H groups in total. The molecule has 2 aromatic heterocycles. The SMILES string of the molecule is FC(F)c1ccn(-c2nc(NC3CCC(F)(F)CC3)cc(OCC3CCC3)n2)n1. The van der Waals surface area contributed by atoms with E-state index in [1.54, 1.807) is 6.07 Å². The average molecular weight is 413 g/mol. The highest BCUT2D eigenvalue weighted by Crippen LogP contribution is 2.34. The number of nitrogens with zero attached hydrogens (tertiary/aromatic N) is 4. The van der Waals surface area contributed by atoms with Crippen LogP contribution < -0.4 is 10.1 Å². The standard InChI is InChI=1S/C19H23F4N5O/c20-17(21)14-6-9-28(27-14)18-25-15(24-13-4-7-19(22,23)8-5-13)10-16(26-18)29-11-12-2-1-3-12/h6,9-10,12-13,17H,1-5,7-8,11H2,(H,24,25,26). The van der Waals surface area contributed by atoms with Gasteiger partial charge in [0, 0.05) is 31.1 Å². The van der Waals surface area contributed by atoms with Crippen molar-refractivity contribution in [3.63, 3.8) is 0 Å². The van der Waals surface area contributed by atoms with Crippen LogP contribution in [0.4, 0.5) is 23.4 Å². The van der Waals surface area contributed by atoms with Crippen LogP contribution in [0.1, 0.15) is 57.1 Å². The lowest BCUT2D eigenvalue weighted by atomic mass is 9.86. The fraction of sp³-hybridized carbons (Fsp3) is 0.632. The Morgan fingerprint density at radius 3 is 2.55 bits per heavy atom. The summed E-state index contributed by atoms with van der Waals surface area (Å²) in [4.78, 5) is 8.62. The molecule has 0 unspecified atom stereocenters. The number of aromatic nitrogens is 4. The predicted molar refractivity (Wildman–Crippen MR) is 97.8 cm³/mol. The van der Waals surface area contributed by atoms with Gasteiger partial charge in [0.1, 0.15) is 11.5 Å². The molecule has 6 nitrogen and oxygen atoms in total. The first-order chi connectivity index (χ1) is 13.9. The Hall–Kier alpha value is -2.39. The second-order valence-corrected chi connectivity index (χ2v) is 7.76. The Bertz CT molecular complexity index is 830. The molecule has 2 fully saturated rings. The van der Waals surface area contributed by atoms with E-state index in [2.05, 4.69) is 20.4 Å². The topological polar surface area (TPSA) is 64.9 Å². The van der Waals surface area contributed by atoms with E-state index < -0.39 is 12.3 Å². The first-order valence-corrected chi connectivity index (χ1v) is 9.88. The minimum absolute atomic E-state index is 0.0895. The van der Waals surface area contributed by atoms with Gasteiger partial charge in [0.15, 0.2) is 0 Å². The fourth-order valence-corrected chi connectivity index (χ4v) is 3.49. The second kappa shape index (κ2) is 8.16. The van der Waals surface area contributed by atoms with Crippen LogP contribution in [0.15, 0.2) is 18.3 Å². The van der Waals surface area contributed by atoms with Gasteiger partial charge < -0.3 is 10.1 Å². The molecule has 2 aliphatic carbocycles. The molecule has 0 saturated heterocycles. The van der Waals surface area contributed by atoms with E-state index in [9.17, 15) is 17.6 Å². The molecular weight excluding hydrogens is 390 g/mol. The summed E-state index contributed by atoms with van der Waals surface area (Å²) >= 11 is 0. The largest absolute Gasteiger partial charge is 0.477 e. The minimum Gasteiger partial charge on any atom is -0.477 e. The zero-order valence-electron chi connectivity index (χ0n) is 15.8. The highest BCUT2D eigenvalue weighted by molar-refractivity contribution is 5.42. The molecule has 0 aliphatic heterocycles. The van der Waals surface area contributed by atoms with Gasteiger partial charge in [-0.3, -0.25) is 0 Å². The second-order valence-electron chi connectivity index (χ2n) is 7.76. The molecule has 158 valence electrons. The number of hydrogen-bond donors (Lipinski definition) is 1. The molecule has 10 heteroatoms. The van der Waals surface area contributed by atoms with E-state index in [1.165, 1.54) is 18.7 Å². The van der Waals surface area contributed by atoms with Crippen molar-refractivity contribution in [1.29, 1.82) is 0 Å². The van der Waals surface area contributed by atoms with Crippen LogP contribution in [0.25, 0.3) is 5.95 Å². The van der Waals surface area contributed by atoms with Crippen molar-refractivity contribution in [1.82, 2.24) is 19.7 Å². The first-order valence-electron chi connectivity index (χ1n) is 9.88. The number of anilines is 1. The van der Waals surface area contributed by atoms with Crippen LogP contribution in [0.2, 0.25) is 0 Å². The van der Waals surface area contributed by atoms with E-state index in [1.807, 2.05) is 0 Å². The maximum Gasteiger partial charge on any atom is 0.282 e. The van der Waals surface area contributed by atoms with Crippen molar-refractivity contribution in [3.8, 4) is 11.8 Å². The van der Waals surface area contributed by atoms with Crippen molar-refractivity contribution < 1.29 is 22.3 Å². The van der Waals surface area contributed by atoms with Crippen molar-refractivity contribution in [3.05, 3.63) is 24.0 Å². The highest BCUT2D eigenvalue weighted by atomic mass is 19.3. The van der Waals surface area contributed by atoms with Crippen molar-refractivity contribution in [2.24, 2.45) is 5.92 Å². The summed E-state index contributed by atoms with van der Waals surface area (Å²) in [5.41, 5.74) is -0.376. The Morgan fingerprint density at radius 2 is 1.93 bits per heavy atom. The molecular formula is C19H23F4N5O. The summed E-state index contributed by atoms with van der Waals surface area (Å²) in [6.07, 6.45) is 2.35. The molecule has 2 aromatic rings. The average Bonchev–Trinajstić information content (AvgIpc) is 3.13. The van der Waals surface area contributed by atoms with Crippen LogP contribution in [0.3, 0.4) is 0 Å². The molecule has 2 saturated carbocycles. The number of alkyl halides is 4. The summed E-state index contributed by atoms with van der Waals surface area (Å²) in [7, 11) is 0. The minimum atomic E-state index is -2.70. The van der Waals surface area contributed by atoms with Crippen molar-refractivity contribution in [2.75, 3.05) is 11.9 Å². The zero-order chi connectivity index (χ0) is 20.4. The van der Waals surface area contributed by atoms with Crippen LogP contribution in [-0.2, 0) is 0 Å². The maximum absolute atomic E-state index is 13.4. The Kier molecular flexibility index (Phi) is 5.60. The lowest BCUT2D eigenvalue weighted by Crippen LogP contribution is -2.32. The third-order valence-corrected chi connectivity index (χ3v) is 5.49. The smallest absolute Gasteiger partial charge is 0.282 e. The molecule has 0 amide bonds. The predicted octanol–water partition coefficient (Wildman–Crippen LogP) is 4.77. The molecule has 2 heterocycles. The molecule has 29 heavy (non-hydrogen) atoms. The normalized spacial score (nSPS) is 19.9. The first kappa shape index (κ1) is 19.9. The summed E-state index contributed by atoms with van der Waals surface area (Å²) in [6, 6.07) is 2.67. The van der Waals surface area contributed by atoms with Gasteiger partial charge >= 0.3 is 0 Å². The van der Waals surface area contributed by atoms with Gasteiger partial charge in [-0.15, -0.1) is 0 Å². The van der Waals surface area contributed by atoms with E-state index in [-0.39, 0.29) is 30.5 Å². The molecule has 0 aromatic carbocycles. The van der Waals surface area contributed by atoms with Gasteiger partial charge in [0.05, 0.1) is 6.61 Å². The van der Waals surface area contributed by atoms with E-state index >= 15 is 0 Å². The summed E-state index contributed by atoms with van der Waals surface area (Å²) < 4.78 is 59.5. The van der Waals surface area contributed by atoms with Gasteiger partial charge in [-0.2, -0.15) is 15.1 Å². The zero-order valence-corrected chi connectivity index (χ0v) is 15.8. The van der Waals surface area contributed by atoms with Gasteiger partial charge in [0.25, 0.3) is 12.4 Å². The van der Waals surface area contributed by atoms with Gasteiger partial charge in [-0.1, -0.05) is 6.42 Å². The van der Waals surface area contributed by atoms with Crippen molar-refractivity contribution in [2.45, 2.75) is 63.3 Å². The van der Waals surface area contributed by atoms with Gasteiger partial charge in [-0.05, 0) is 37.7 Å². The summed E-state index contributed by atoms with van der Waals surface area (Å²) in [5, 5.41) is 6.97.